The molecule has 0 radical (unpaired) electrons. The van der Waals surface area contributed by atoms with Crippen molar-refractivity contribution >= 4 is 29.0 Å². The third-order valence-corrected chi connectivity index (χ3v) is 3.83. The number of nitrogens with zero attached hydrogens (tertiary/aromatic N) is 3. The SMILES string of the molecule is C=COc1c(-c2c(F)ccc(F)c2Cl)c(=O)n(C=C)c2nccnc12. The van der Waals surface area contributed by atoms with Crippen LogP contribution >= 0.6 is 11.6 Å². The van der Waals surface area contributed by atoms with Crippen molar-refractivity contribution in [3.63, 3.8) is 0 Å². The zero-order valence-corrected chi connectivity index (χ0v) is 13.4. The summed E-state index contributed by atoms with van der Waals surface area (Å²) >= 11 is 5.92. The number of ether oxygens (including phenoxy) is 1. The topological polar surface area (TPSA) is 57.0 Å². The van der Waals surface area contributed by atoms with E-state index in [0.717, 1.165) is 23.0 Å². The van der Waals surface area contributed by atoms with Crippen molar-refractivity contribution < 1.29 is 13.5 Å². The fraction of sp³-hybridized carbons (Fsp3) is 0. The minimum atomic E-state index is -0.892. The van der Waals surface area contributed by atoms with E-state index in [0.29, 0.717) is 0 Å². The van der Waals surface area contributed by atoms with E-state index in [1.54, 1.807) is 0 Å². The van der Waals surface area contributed by atoms with Gasteiger partial charge in [-0.05, 0) is 12.1 Å². The molecule has 0 atom stereocenters. The summed E-state index contributed by atoms with van der Waals surface area (Å²) in [6.07, 6.45) is 4.96. The van der Waals surface area contributed by atoms with E-state index < -0.39 is 27.8 Å². The van der Waals surface area contributed by atoms with Crippen molar-refractivity contribution in [2.45, 2.75) is 0 Å². The maximum Gasteiger partial charge on any atom is 0.268 e. The van der Waals surface area contributed by atoms with Gasteiger partial charge < -0.3 is 4.74 Å². The smallest absolute Gasteiger partial charge is 0.268 e. The van der Waals surface area contributed by atoms with Crippen LogP contribution in [0.4, 0.5) is 8.78 Å². The van der Waals surface area contributed by atoms with Crippen LogP contribution in [0.2, 0.25) is 5.02 Å². The number of hydrogen-bond donors (Lipinski definition) is 0. The molecule has 8 heteroatoms. The number of halogens is 3. The van der Waals surface area contributed by atoms with Crippen LogP contribution in [0.3, 0.4) is 0 Å². The van der Waals surface area contributed by atoms with Gasteiger partial charge in [0.1, 0.15) is 17.2 Å². The van der Waals surface area contributed by atoms with Crippen molar-refractivity contribution in [2.24, 2.45) is 0 Å². The van der Waals surface area contributed by atoms with Gasteiger partial charge in [0, 0.05) is 24.2 Å². The van der Waals surface area contributed by atoms with Gasteiger partial charge in [0.2, 0.25) is 0 Å². The van der Waals surface area contributed by atoms with E-state index in [-0.39, 0.29) is 22.5 Å². The quantitative estimate of drug-likeness (QED) is 0.520. The number of aromatic nitrogens is 3. The first-order valence-electron chi connectivity index (χ1n) is 6.94. The van der Waals surface area contributed by atoms with Gasteiger partial charge in [-0.2, -0.15) is 0 Å². The van der Waals surface area contributed by atoms with Crippen molar-refractivity contribution in [1.29, 1.82) is 0 Å². The van der Waals surface area contributed by atoms with E-state index in [4.69, 9.17) is 16.3 Å². The average molecular weight is 362 g/mol. The number of hydrogen-bond acceptors (Lipinski definition) is 4. The molecular formula is C17H10ClF2N3O2. The molecule has 0 amide bonds. The molecule has 126 valence electrons. The highest BCUT2D eigenvalue weighted by molar-refractivity contribution is 6.33. The Kier molecular flexibility index (Phi) is 4.33. The van der Waals surface area contributed by atoms with Crippen LogP contribution in [-0.2, 0) is 0 Å². The fourth-order valence-electron chi connectivity index (χ4n) is 2.44. The first-order valence-corrected chi connectivity index (χ1v) is 7.32. The van der Waals surface area contributed by atoms with Crippen molar-refractivity contribution in [2.75, 3.05) is 0 Å². The number of benzene rings is 1. The van der Waals surface area contributed by atoms with E-state index in [2.05, 4.69) is 23.1 Å². The lowest BCUT2D eigenvalue weighted by atomic mass is 10.0. The molecule has 0 fully saturated rings. The van der Waals surface area contributed by atoms with Crippen LogP contribution in [0.5, 0.6) is 5.75 Å². The highest BCUT2D eigenvalue weighted by Crippen LogP contribution is 2.38. The summed E-state index contributed by atoms with van der Waals surface area (Å²) in [4.78, 5) is 21.1. The molecule has 3 aromatic rings. The van der Waals surface area contributed by atoms with E-state index in [1.807, 2.05) is 0 Å². The summed E-state index contributed by atoms with van der Waals surface area (Å²) < 4.78 is 34.6. The molecule has 0 spiro atoms. The van der Waals surface area contributed by atoms with Gasteiger partial charge in [-0.15, -0.1) is 0 Å². The van der Waals surface area contributed by atoms with Crippen LogP contribution in [0, 0.1) is 11.6 Å². The third kappa shape index (κ3) is 2.58. The predicted octanol–water partition coefficient (Wildman–Crippen LogP) is 4.01. The van der Waals surface area contributed by atoms with E-state index >= 15 is 0 Å². The summed E-state index contributed by atoms with van der Waals surface area (Å²) in [5.41, 5.74) is -1.22. The Bertz CT molecular complexity index is 1080. The van der Waals surface area contributed by atoms with Crippen molar-refractivity contribution in [1.82, 2.24) is 14.5 Å². The molecule has 0 bridgehead atoms. The highest BCUT2D eigenvalue weighted by Gasteiger charge is 2.26. The molecule has 3 rings (SSSR count). The van der Waals surface area contributed by atoms with Crippen LogP contribution < -0.4 is 10.3 Å². The van der Waals surface area contributed by atoms with Gasteiger partial charge in [0.05, 0.1) is 16.8 Å². The third-order valence-electron chi connectivity index (χ3n) is 3.46. The maximum absolute atomic E-state index is 14.4. The summed E-state index contributed by atoms with van der Waals surface area (Å²) in [7, 11) is 0. The molecule has 1 aromatic carbocycles. The molecule has 0 unspecified atom stereocenters. The Labute approximate surface area is 145 Å². The standard InChI is InChI=1S/C17H10ClF2N3O2/c1-3-23-16-14(21-7-8-22-16)15(25-4-2)12(17(23)24)11-9(19)5-6-10(20)13(11)18/h3-8H,1-2H2. The summed E-state index contributed by atoms with van der Waals surface area (Å²) in [6.45, 7) is 6.98. The predicted molar refractivity (Wildman–Crippen MR) is 91.4 cm³/mol. The minimum absolute atomic E-state index is 0.132. The second kappa shape index (κ2) is 6.45. The van der Waals surface area contributed by atoms with Gasteiger partial charge in [-0.25, -0.2) is 18.7 Å². The number of rotatable bonds is 4. The average Bonchev–Trinajstić information content (AvgIpc) is 2.61. The largest absolute Gasteiger partial charge is 0.462 e. The second-order valence-electron chi connectivity index (χ2n) is 4.79. The first-order chi connectivity index (χ1) is 12.0. The lowest BCUT2D eigenvalue weighted by Crippen LogP contribution is -2.21. The fourth-order valence-corrected chi connectivity index (χ4v) is 2.69. The molecule has 2 heterocycles. The van der Waals surface area contributed by atoms with Crippen LogP contribution in [0.25, 0.3) is 28.5 Å². The van der Waals surface area contributed by atoms with Gasteiger partial charge in [0.15, 0.2) is 11.4 Å². The summed E-state index contributed by atoms with van der Waals surface area (Å²) in [5.74, 6) is -1.91. The van der Waals surface area contributed by atoms with Crippen molar-refractivity contribution in [3.05, 3.63) is 71.0 Å². The van der Waals surface area contributed by atoms with Gasteiger partial charge in [-0.3, -0.25) is 9.36 Å². The molecule has 5 nitrogen and oxygen atoms in total. The lowest BCUT2D eigenvalue weighted by molar-refractivity contribution is 0.487. The van der Waals surface area contributed by atoms with Gasteiger partial charge in [0.25, 0.3) is 5.56 Å². The second-order valence-corrected chi connectivity index (χ2v) is 5.17. The molecule has 0 N–H and O–H groups in total. The van der Waals surface area contributed by atoms with E-state index in [9.17, 15) is 13.6 Å². The Morgan fingerprint density at radius 1 is 1.12 bits per heavy atom. The van der Waals surface area contributed by atoms with Crippen molar-refractivity contribution in [3.8, 4) is 16.9 Å². The molecule has 25 heavy (non-hydrogen) atoms. The normalized spacial score (nSPS) is 10.7. The Balaban J connectivity index is 2.60. The zero-order chi connectivity index (χ0) is 18.1. The summed E-state index contributed by atoms with van der Waals surface area (Å²) in [6, 6.07) is 1.73. The van der Waals surface area contributed by atoms with Crippen LogP contribution in [0.15, 0.2) is 48.7 Å². The molecule has 0 aliphatic rings. The highest BCUT2D eigenvalue weighted by atomic mass is 35.5. The monoisotopic (exact) mass is 361 g/mol. The Morgan fingerprint density at radius 3 is 2.48 bits per heavy atom. The zero-order valence-electron chi connectivity index (χ0n) is 12.7. The Hall–Kier alpha value is -3.06. The summed E-state index contributed by atoms with van der Waals surface area (Å²) in [5, 5.41) is -0.551. The minimum Gasteiger partial charge on any atom is -0.462 e. The molecule has 2 aromatic heterocycles. The molecule has 0 aliphatic carbocycles. The number of pyridine rings is 1. The number of fused-ring (bicyclic) bond motifs is 1. The van der Waals surface area contributed by atoms with E-state index in [1.165, 1.54) is 18.6 Å². The molecular weight excluding hydrogens is 352 g/mol. The first kappa shape index (κ1) is 16.8. The van der Waals surface area contributed by atoms with Gasteiger partial charge in [-0.1, -0.05) is 24.8 Å². The molecule has 0 saturated heterocycles. The van der Waals surface area contributed by atoms with Crippen LogP contribution in [-0.4, -0.2) is 14.5 Å². The van der Waals surface area contributed by atoms with Crippen LogP contribution in [0.1, 0.15) is 0 Å². The maximum atomic E-state index is 14.4. The van der Waals surface area contributed by atoms with Gasteiger partial charge >= 0.3 is 0 Å². The Morgan fingerprint density at radius 2 is 1.80 bits per heavy atom. The lowest BCUT2D eigenvalue weighted by Gasteiger charge is -2.15. The molecule has 0 aliphatic heterocycles. The molecule has 0 saturated carbocycles.